The number of alkyl halides is 2. The van der Waals surface area contributed by atoms with E-state index in [-0.39, 0.29) is 29.7 Å². The fraction of sp³-hybridized carbons (Fsp3) is 0.450. The summed E-state index contributed by atoms with van der Waals surface area (Å²) < 4.78 is 29.2. The second-order valence-electron chi connectivity index (χ2n) is 6.61. The van der Waals surface area contributed by atoms with Crippen LogP contribution in [0.1, 0.15) is 29.3 Å². The molecular weight excluding hydrogens is 509 g/mol. The van der Waals surface area contributed by atoms with Gasteiger partial charge >= 0.3 is 6.61 Å². The van der Waals surface area contributed by atoms with Gasteiger partial charge in [0.25, 0.3) is 0 Å². The summed E-state index contributed by atoms with van der Waals surface area (Å²) >= 11 is 1.78. The fourth-order valence-corrected chi connectivity index (χ4v) is 4.24. The lowest BCUT2D eigenvalue weighted by atomic mass is 10.2. The zero-order chi connectivity index (χ0) is 19.8. The zero-order valence-corrected chi connectivity index (χ0v) is 19.5. The van der Waals surface area contributed by atoms with Crippen molar-refractivity contribution in [3.63, 3.8) is 0 Å². The average molecular weight is 536 g/mol. The molecule has 9 heteroatoms. The molecule has 2 N–H and O–H groups in total. The molecule has 2 heterocycles. The molecule has 0 bridgehead atoms. The van der Waals surface area contributed by atoms with Gasteiger partial charge < -0.3 is 15.4 Å². The van der Waals surface area contributed by atoms with Crippen LogP contribution in [-0.2, 0) is 6.54 Å². The van der Waals surface area contributed by atoms with Crippen LogP contribution in [0.25, 0.3) is 0 Å². The molecule has 1 fully saturated rings. The molecule has 1 atom stereocenters. The van der Waals surface area contributed by atoms with E-state index in [0.29, 0.717) is 18.5 Å². The van der Waals surface area contributed by atoms with Crippen molar-refractivity contribution in [1.29, 1.82) is 0 Å². The second-order valence-corrected chi connectivity index (χ2v) is 7.59. The smallest absolute Gasteiger partial charge is 0.387 e. The van der Waals surface area contributed by atoms with E-state index in [0.717, 1.165) is 25.2 Å². The number of likely N-dealkylation sites (tertiary alicyclic amines) is 1. The molecule has 1 aliphatic heterocycles. The largest absolute Gasteiger partial charge is 0.435 e. The number of halogens is 3. The van der Waals surface area contributed by atoms with Gasteiger partial charge in [-0.15, -0.1) is 35.3 Å². The monoisotopic (exact) mass is 536 g/mol. The Labute approximate surface area is 191 Å². The number of ether oxygens (including phenoxy) is 1. The topological polar surface area (TPSA) is 48.9 Å². The molecule has 0 aliphatic carbocycles. The number of nitrogens with one attached hydrogen (secondary N) is 2. The van der Waals surface area contributed by atoms with E-state index < -0.39 is 6.61 Å². The van der Waals surface area contributed by atoms with Gasteiger partial charge in [0.05, 0.1) is 6.04 Å². The number of hydrogen-bond donors (Lipinski definition) is 2. The van der Waals surface area contributed by atoms with Gasteiger partial charge in [-0.3, -0.25) is 9.89 Å². The van der Waals surface area contributed by atoms with E-state index in [2.05, 4.69) is 42.8 Å². The first kappa shape index (κ1) is 23.8. The summed E-state index contributed by atoms with van der Waals surface area (Å²) in [5.41, 5.74) is 0.843. The number of thiophene rings is 1. The molecule has 160 valence electrons. The maximum atomic E-state index is 12.4. The number of benzene rings is 1. The van der Waals surface area contributed by atoms with E-state index in [9.17, 15) is 8.78 Å². The minimum absolute atomic E-state index is 0. The minimum atomic E-state index is -2.82. The Bertz CT molecular complexity index is 755. The molecule has 2 aromatic rings. The highest BCUT2D eigenvalue weighted by molar-refractivity contribution is 14.0. The van der Waals surface area contributed by atoms with E-state index in [1.165, 1.54) is 23.8 Å². The molecule has 0 amide bonds. The van der Waals surface area contributed by atoms with Crippen LogP contribution >= 0.6 is 35.3 Å². The van der Waals surface area contributed by atoms with Crippen LogP contribution in [0.3, 0.4) is 0 Å². The zero-order valence-electron chi connectivity index (χ0n) is 16.3. The van der Waals surface area contributed by atoms with Crippen molar-refractivity contribution in [2.24, 2.45) is 4.99 Å². The Morgan fingerprint density at radius 1 is 1.21 bits per heavy atom. The first-order chi connectivity index (χ1) is 13.7. The number of nitrogens with zero attached hydrogens (tertiary/aromatic N) is 2. The van der Waals surface area contributed by atoms with Crippen LogP contribution in [-0.4, -0.2) is 44.2 Å². The fourth-order valence-electron chi connectivity index (χ4n) is 3.38. The van der Waals surface area contributed by atoms with Gasteiger partial charge in [-0.1, -0.05) is 18.2 Å². The molecule has 0 saturated carbocycles. The van der Waals surface area contributed by atoms with Gasteiger partial charge in [0, 0.05) is 25.0 Å². The van der Waals surface area contributed by atoms with Gasteiger partial charge in [0.2, 0.25) is 0 Å². The van der Waals surface area contributed by atoms with E-state index in [1.807, 2.05) is 6.07 Å². The highest BCUT2D eigenvalue weighted by Gasteiger charge is 2.24. The van der Waals surface area contributed by atoms with Crippen molar-refractivity contribution in [2.75, 3.05) is 26.7 Å². The summed E-state index contributed by atoms with van der Waals surface area (Å²) in [5.74, 6) is 0.838. The van der Waals surface area contributed by atoms with Crippen molar-refractivity contribution in [2.45, 2.75) is 32.0 Å². The Hall–Kier alpha value is -1.46. The van der Waals surface area contributed by atoms with Crippen molar-refractivity contribution < 1.29 is 13.5 Å². The molecule has 0 radical (unpaired) electrons. The molecule has 1 aromatic heterocycles. The minimum Gasteiger partial charge on any atom is -0.435 e. The van der Waals surface area contributed by atoms with Crippen LogP contribution in [0, 0.1) is 0 Å². The third-order valence-corrected chi connectivity index (χ3v) is 5.70. The highest BCUT2D eigenvalue weighted by atomic mass is 127. The van der Waals surface area contributed by atoms with Crippen molar-refractivity contribution in [3.8, 4) is 5.75 Å². The van der Waals surface area contributed by atoms with Gasteiger partial charge in [0.15, 0.2) is 5.96 Å². The summed E-state index contributed by atoms with van der Waals surface area (Å²) in [4.78, 5) is 8.14. The molecule has 0 spiro atoms. The lowest BCUT2D eigenvalue weighted by Gasteiger charge is -2.27. The van der Waals surface area contributed by atoms with E-state index in [1.54, 1.807) is 30.5 Å². The normalized spacial score (nSPS) is 15.8. The molecule has 1 saturated heterocycles. The standard InChI is InChI=1S/C20H26F2N4OS.HI/c1-23-20(24-13-15-6-4-7-16(12-15)27-19(21)22)25-14-17(18-8-5-11-28-18)26-9-2-3-10-26;/h4-8,11-12,17,19H,2-3,9-10,13-14H2,1H3,(H2,23,24,25);1H. The third-order valence-electron chi connectivity index (χ3n) is 4.72. The quantitative estimate of drug-likeness (QED) is 0.297. The van der Waals surface area contributed by atoms with Crippen LogP contribution < -0.4 is 15.4 Å². The molecular formula is C20H27F2IN4OS. The van der Waals surface area contributed by atoms with E-state index in [4.69, 9.17) is 0 Å². The van der Waals surface area contributed by atoms with Crippen LogP contribution in [0.5, 0.6) is 5.75 Å². The summed E-state index contributed by atoms with van der Waals surface area (Å²) in [7, 11) is 1.72. The first-order valence-electron chi connectivity index (χ1n) is 9.41. The summed E-state index contributed by atoms with van der Waals surface area (Å²) in [6.45, 7) is 0.639. The van der Waals surface area contributed by atoms with Gasteiger partial charge in [-0.2, -0.15) is 8.78 Å². The van der Waals surface area contributed by atoms with Crippen LogP contribution in [0.15, 0.2) is 46.8 Å². The Balaban J connectivity index is 0.00000300. The highest BCUT2D eigenvalue weighted by Crippen LogP contribution is 2.27. The predicted molar refractivity (Wildman–Crippen MR) is 125 cm³/mol. The molecule has 1 unspecified atom stereocenters. The Kier molecular flexibility index (Phi) is 10.1. The number of guanidine groups is 1. The SMILES string of the molecule is CN=C(NCc1cccc(OC(F)F)c1)NCC(c1cccs1)N1CCCC1.I. The molecule has 5 nitrogen and oxygen atoms in total. The van der Waals surface area contributed by atoms with Crippen molar-refractivity contribution in [1.82, 2.24) is 15.5 Å². The third kappa shape index (κ3) is 7.38. The number of aliphatic imine (C=N–C) groups is 1. The lowest BCUT2D eigenvalue weighted by Crippen LogP contribution is -2.42. The molecule has 1 aliphatic rings. The lowest BCUT2D eigenvalue weighted by molar-refractivity contribution is -0.0498. The van der Waals surface area contributed by atoms with Gasteiger partial charge in [-0.05, 0) is 55.1 Å². The van der Waals surface area contributed by atoms with Gasteiger partial charge in [0.1, 0.15) is 5.75 Å². The molecule has 1 aromatic carbocycles. The summed E-state index contributed by atoms with van der Waals surface area (Å²) in [5, 5.41) is 8.75. The average Bonchev–Trinajstić information content (AvgIpc) is 3.39. The molecule has 3 rings (SSSR count). The Morgan fingerprint density at radius 2 is 2.00 bits per heavy atom. The van der Waals surface area contributed by atoms with Crippen molar-refractivity contribution >= 4 is 41.3 Å². The predicted octanol–water partition coefficient (Wildman–Crippen LogP) is 4.47. The van der Waals surface area contributed by atoms with Crippen LogP contribution in [0.2, 0.25) is 0 Å². The number of hydrogen-bond acceptors (Lipinski definition) is 4. The first-order valence-corrected chi connectivity index (χ1v) is 10.3. The summed E-state index contributed by atoms with van der Waals surface area (Å²) in [6, 6.07) is 11.3. The van der Waals surface area contributed by atoms with Gasteiger partial charge in [-0.25, -0.2) is 0 Å². The second kappa shape index (κ2) is 12.3. The maximum Gasteiger partial charge on any atom is 0.387 e. The van der Waals surface area contributed by atoms with Crippen LogP contribution in [0.4, 0.5) is 8.78 Å². The summed E-state index contributed by atoms with van der Waals surface area (Å²) in [6.07, 6.45) is 2.48. The maximum absolute atomic E-state index is 12.4. The molecule has 29 heavy (non-hydrogen) atoms. The number of rotatable bonds is 8. The van der Waals surface area contributed by atoms with E-state index >= 15 is 0 Å². The van der Waals surface area contributed by atoms with Crippen molar-refractivity contribution in [3.05, 3.63) is 52.2 Å². The Morgan fingerprint density at radius 3 is 2.66 bits per heavy atom.